The van der Waals surface area contributed by atoms with Gasteiger partial charge in [0.15, 0.2) is 0 Å². The Bertz CT molecular complexity index is 279. The zero-order valence-electron chi connectivity index (χ0n) is 11.1. The van der Waals surface area contributed by atoms with Crippen LogP contribution in [0.5, 0.6) is 0 Å². The molecule has 1 amide bonds. The number of amides is 1. The van der Waals surface area contributed by atoms with Crippen LogP contribution in [0.4, 0.5) is 13.2 Å². The minimum Gasteiger partial charge on any atom is -0.362 e. The lowest BCUT2D eigenvalue weighted by molar-refractivity contribution is -0.177. The molecule has 1 aliphatic rings. The maximum Gasteiger partial charge on any atom is 0.411 e. The van der Waals surface area contributed by atoms with Gasteiger partial charge in [-0.3, -0.25) is 4.79 Å². The smallest absolute Gasteiger partial charge is 0.362 e. The predicted molar refractivity (Wildman–Crippen MR) is 64.7 cm³/mol. The van der Waals surface area contributed by atoms with Gasteiger partial charge < -0.3 is 15.0 Å². The Kier molecular flexibility index (Phi) is 6.57. The summed E-state index contributed by atoms with van der Waals surface area (Å²) in [7, 11) is 1.60. The lowest BCUT2D eigenvalue weighted by atomic mass is 9.94. The van der Waals surface area contributed by atoms with Crippen LogP contribution in [0, 0.1) is 5.92 Å². The summed E-state index contributed by atoms with van der Waals surface area (Å²) in [6.45, 7) is 0.677. The first-order valence-electron chi connectivity index (χ1n) is 6.47. The van der Waals surface area contributed by atoms with E-state index in [-0.39, 0.29) is 0 Å². The van der Waals surface area contributed by atoms with Crippen molar-refractivity contribution in [1.82, 2.24) is 10.2 Å². The maximum atomic E-state index is 11.8. The first-order chi connectivity index (χ1) is 8.88. The molecule has 19 heavy (non-hydrogen) atoms. The number of likely N-dealkylation sites (N-methyl/N-ethyl adjacent to an activating group) is 1. The number of alkyl halides is 3. The highest BCUT2D eigenvalue weighted by molar-refractivity contribution is 5.77. The maximum absolute atomic E-state index is 11.8. The molecule has 0 unspecified atom stereocenters. The molecule has 0 aromatic heterocycles. The summed E-state index contributed by atoms with van der Waals surface area (Å²) in [6.07, 6.45) is -1.31. The summed E-state index contributed by atoms with van der Waals surface area (Å²) in [5.74, 6) is 0.186. The lowest BCUT2D eigenvalue weighted by Gasteiger charge is -2.25. The van der Waals surface area contributed by atoms with E-state index in [0.29, 0.717) is 12.5 Å². The SMILES string of the molecule is CN(CCC1CCNCC1)C(=O)COCC(F)(F)F. The van der Waals surface area contributed by atoms with Crippen LogP contribution in [-0.2, 0) is 9.53 Å². The van der Waals surface area contributed by atoms with Crippen molar-refractivity contribution in [2.75, 3.05) is 39.9 Å². The van der Waals surface area contributed by atoms with Crippen molar-refractivity contribution in [3.05, 3.63) is 0 Å². The topological polar surface area (TPSA) is 41.6 Å². The van der Waals surface area contributed by atoms with Gasteiger partial charge in [-0.1, -0.05) is 0 Å². The number of carbonyl (C=O) groups excluding carboxylic acids is 1. The molecule has 0 aliphatic carbocycles. The number of nitrogens with one attached hydrogen (secondary N) is 1. The number of hydrogen-bond donors (Lipinski definition) is 1. The lowest BCUT2D eigenvalue weighted by Crippen LogP contribution is -2.35. The van der Waals surface area contributed by atoms with Gasteiger partial charge in [-0.15, -0.1) is 0 Å². The zero-order chi connectivity index (χ0) is 14.3. The van der Waals surface area contributed by atoms with Crippen LogP contribution < -0.4 is 5.32 Å². The van der Waals surface area contributed by atoms with E-state index in [2.05, 4.69) is 10.1 Å². The molecular weight excluding hydrogens is 261 g/mol. The van der Waals surface area contributed by atoms with Crippen LogP contribution in [0.25, 0.3) is 0 Å². The number of hydrogen-bond acceptors (Lipinski definition) is 3. The summed E-state index contributed by atoms with van der Waals surface area (Å²) >= 11 is 0. The van der Waals surface area contributed by atoms with Gasteiger partial charge in [-0.2, -0.15) is 13.2 Å². The molecule has 0 bridgehead atoms. The number of halogens is 3. The van der Waals surface area contributed by atoms with Crippen molar-refractivity contribution in [2.24, 2.45) is 5.92 Å². The van der Waals surface area contributed by atoms with Gasteiger partial charge in [0, 0.05) is 13.6 Å². The number of ether oxygens (including phenoxy) is 1. The Labute approximate surface area is 111 Å². The molecule has 1 saturated heterocycles. The summed E-state index contributed by atoms with van der Waals surface area (Å²) < 4.78 is 39.9. The minimum atomic E-state index is -4.38. The number of rotatable bonds is 6. The van der Waals surface area contributed by atoms with Crippen LogP contribution in [0.2, 0.25) is 0 Å². The van der Waals surface area contributed by atoms with Crippen molar-refractivity contribution in [1.29, 1.82) is 0 Å². The standard InChI is InChI=1S/C12H21F3N2O2/c1-17(7-4-10-2-5-16-6-3-10)11(18)8-19-9-12(13,14)15/h10,16H,2-9H2,1H3. The van der Waals surface area contributed by atoms with Gasteiger partial charge in [0.2, 0.25) is 5.91 Å². The fourth-order valence-electron chi connectivity index (χ4n) is 2.04. The third kappa shape index (κ3) is 7.37. The molecule has 0 aromatic carbocycles. The molecule has 1 heterocycles. The average Bonchev–Trinajstić information content (AvgIpc) is 2.35. The van der Waals surface area contributed by atoms with Crippen molar-refractivity contribution >= 4 is 5.91 Å². The normalized spacial score (nSPS) is 17.5. The number of nitrogens with zero attached hydrogens (tertiary/aromatic N) is 1. The second-order valence-corrected chi connectivity index (χ2v) is 4.91. The van der Waals surface area contributed by atoms with E-state index in [4.69, 9.17) is 0 Å². The van der Waals surface area contributed by atoms with E-state index in [1.807, 2.05) is 0 Å². The van der Waals surface area contributed by atoms with Crippen molar-refractivity contribution in [2.45, 2.75) is 25.4 Å². The zero-order valence-corrected chi connectivity index (χ0v) is 11.1. The second-order valence-electron chi connectivity index (χ2n) is 4.91. The monoisotopic (exact) mass is 282 g/mol. The first-order valence-corrected chi connectivity index (χ1v) is 6.47. The molecule has 0 aromatic rings. The third-order valence-electron chi connectivity index (χ3n) is 3.25. The van der Waals surface area contributed by atoms with E-state index < -0.39 is 25.3 Å². The molecule has 4 nitrogen and oxygen atoms in total. The van der Waals surface area contributed by atoms with E-state index in [1.54, 1.807) is 7.05 Å². The van der Waals surface area contributed by atoms with E-state index in [1.165, 1.54) is 4.90 Å². The van der Waals surface area contributed by atoms with Crippen molar-refractivity contribution in [3.8, 4) is 0 Å². The third-order valence-corrected chi connectivity index (χ3v) is 3.25. The molecule has 1 fully saturated rings. The fourth-order valence-corrected chi connectivity index (χ4v) is 2.04. The van der Waals surface area contributed by atoms with Crippen LogP contribution in [0.1, 0.15) is 19.3 Å². The van der Waals surface area contributed by atoms with Gasteiger partial charge >= 0.3 is 6.18 Å². The van der Waals surface area contributed by atoms with E-state index >= 15 is 0 Å². The second kappa shape index (κ2) is 7.69. The Morgan fingerprint density at radius 3 is 2.58 bits per heavy atom. The fraction of sp³-hybridized carbons (Fsp3) is 0.917. The summed E-state index contributed by atoms with van der Waals surface area (Å²) in [5.41, 5.74) is 0. The summed E-state index contributed by atoms with van der Waals surface area (Å²) in [6, 6.07) is 0. The molecule has 0 atom stereocenters. The number of carbonyl (C=O) groups is 1. The predicted octanol–water partition coefficient (Wildman–Crippen LogP) is 1.41. The van der Waals surface area contributed by atoms with Crippen molar-refractivity contribution in [3.63, 3.8) is 0 Å². The van der Waals surface area contributed by atoms with Crippen LogP contribution in [0.3, 0.4) is 0 Å². The van der Waals surface area contributed by atoms with Crippen LogP contribution >= 0.6 is 0 Å². The Morgan fingerprint density at radius 1 is 1.37 bits per heavy atom. The largest absolute Gasteiger partial charge is 0.411 e. The van der Waals surface area contributed by atoms with Gasteiger partial charge in [-0.05, 0) is 38.3 Å². The highest BCUT2D eigenvalue weighted by Gasteiger charge is 2.28. The molecule has 7 heteroatoms. The van der Waals surface area contributed by atoms with Gasteiger partial charge in [-0.25, -0.2) is 0 Å². The van der Waals surface area contributed by atoms with Gasteiger partial charge in [0.25, 0.3) is 0 Å². The Balaban J connectivity index is 2.13. The minimum absolute atomic E-state index is 0.404. The van der Waals surface area contributed by atoms with Gasteiger partial charge in [0.1, 0.15) is 13.2 Å². The van der Waals surface area contributed by atoms with Crippen molar-refractivity contribution < 1.29 is 22.7 Å². The van der Waals surface area contributed by atoms with Crippen LogP contribution in [0.15, 0.2) is 0 Å². The average molecular weight is 282 g/mol. The summed E-state index contributed by atoms with van der Waals surface area (Å²) in [4.78, 5) is 13.0. The Morgan fingerprint density at radius 2 is 2.00 bits per heavy atom. The van der Waals surface area contributed by atoms with E-state index in [9.17, 15) is 18.0 Å². The molecular formula is C12H21F3N2O2. The molecule has 0 radical (unpaired) electrons. The van der Waals surface area contributed by atoms with E-state index in [0.717, 1.165) is 32.4 Å². The Hall–Kier alpha value is -0.820. The molecule has 1 N–H and O–H groups in total. The molecule has 0 saturated carbocycles. The highest BCUT2D eigenvalue weighted by Crippen LogP contribution is 2.16. The molecule has 1 rings (SSSR count). The molecule has 112 valence electrons. The molecule has 0 spiro atoms. The quantitative estimate of drug-likeness (QED) is 0.801. The van der Waals surface area contributed by atoms with Crippen LogP contribution in [-0.4, -0.2) is 56.9 Å². The summed E-state index contributed by atoms with van der Waals surface area (Å²) in [5, 5.41) is 3.26. The highest BCUT2D eigenvalue weighted by atomic mass is 19.4. The molecule has 1 aliphatic heterocycles. The first kappa shape index (κ1) is 16.2. The van der Waals surface area contributed by atoms with Gasteiger partial charge in [0.05, 0.1) is 0 Å². The number of piperidine rings is 1.